The van der Waals surface area contributed by atoms with Gasteiger partial charge in [-0.05, 0) is 19.4 Å². The average Bonchev–Trinajstić information content (AvgIpc) is 2.51. The first-order chi connectivity index (χ1) is 6.65. The molecular formula is C10H20N2O2. The number of ether oxygens (including phenoxy) is 1. The zero-order chi connectivity index (χ0) is 10.6. The maximum atomic E-state index is 11.7. The smallest absolute Gasteiger partial charge is 0.225 e. The first-order valence-corrected chi connectivity index (χ1v) is 5.15. The van der Waals surface area contributed by atoms with Crippen LogP contribution in [0.5, 0.6) is 0 Å². The molecule has 0 saturated carbocycles. The second-order valence-corrected chi connectivity index (χ2v) is 4.11. The molecule has 4 heteroatoms. The summed E-state index contributed by atoms with van der Waals surface area (Å²) < 4.78 is 4.96. The molecule has 0 aromatic heterocycles. The third kappa shape index (κ3) is 2.96. The van der Waals surface area contributed by atoms with Crippen LogP contribution in [0.1, 0.15) is 13.8 Å². The van der Waals surface area contributed by atoms with E-state index in [4.69, 9.17) is 4.74 Å². The van der Waals surface area contributed by atoms with Crippen LogP contribution in [0.3, 0.4) is 0 Å². The van der Waals surface area contributed by atoms with Crippen LogP contribution in [0.4, 0.5) is 0 Å². The van der Waals surface area contributed by atoms with Crippen LogP contribution in [0.2, 0.25) is 0 Å². The van der Waals surface area contributed by atoms with Crippen LogP contribution in [-0.2, 0) is 9.53 Å². The molecule has 4 nitrogen and oxygen atoms in total. The van der Waals surface area contributed by atoms with Gasteiger partial charge < -0.3 is 15.4 Å². The Labute approximate surface area is 85.4 Å². The van der Waals surface area contributed by atoms with E-state index in [1.54, 1.807) is 7.11 Å². The Balaban J connectivity index is 2.33. The van der Waals surface area contributed by atoms with Gasteiger partial charge in [-0.3, -0.25) is 4.79 Å². The van der Waals surface area contributed by atoms with E-state index in [9.17, 15) is 4.79 Å². The molecule has 1 heterocycles. The first kappa shape index (κ1) is 11.5. The number of methoxy groups -OCH3 is 1. The third-order valence-electron chi connectivity index (χ3n) is 2.66. The van der Waals surface area contributed by atoms with Gasteiger partial charge in [-0.25, -0.2) is 0 Å². The molecule has 0 aromatic carbocycles. The summed E-state index contributed by atoms with van der Waals surface area (Å²) in [4.78, 5) is 11.7. The standard InChI is InChI=1S/C10H20N2O2/c1-7-4-11-5-9(7)10(13)12-8(2)6-14-3/h7-9,11H,4-6H2,1-3H3,(H,12,13)/t7-,8?,9-/m1/s1. The lowest BCUT2D eigenvalue weighted by Crippen LogP contribution is -2.41. The van der Waals surface area contributed by atoms with E-state index in [0.29, 0.717) is 12.5 Å². The van der Waals surface area contributed by atoms with Crippen molar-refractivity contribution in [3.05, 3.63) is 0 Å². The second kappa shape index (κ2) is 5.32. The quantitative estimate of drug-likeness (QED) is 0.671. The lowest BCUT2D eigenvalue weighted by molar-refractivity contribution is -0.126. The first-order valence-electron chi connectivity index (χ1n) is 5.15. The molecule has 1 amide bonds. The van der Waals surface area contributed by atoms with Crippen molar-refractivity contribution in [1.29, 1.82) is 0 Å². The predicted molar refractivity (Wildman–Crippen MR) is 55.0 cm³/mol. The van der Waals surface area contributed by atoms with E-state index in [1.165, 1.54) is 0 Å². The van der Waals surface area contributed by atoms with E-state index in [-0.39, 0.29) is 17.9 Å². The Kier molecular flexibility index (Phi) is 4.35. The average molecular weight is 200 g/mol. The summed E-state index contributed by atoms with van der Waals surface area (Å²) in [6.07, 6.45) is 0. The van der Waals surface area contributed by atoms with E-state index in [0.717, 1.165) is 13.1 Å². The number of rotatable bonds is 4. The summed E-state index contributed by atoms with van der Waals surface area (Å²) in [5, 5.41) is 6.17. The van der Waals surface area contributed by atoms with E-state index in [2.05, 4.69) is 17.6 Å². The van der Waals surface area contributed by atoms with Crippen molar-refractivity contribution in [2.45, 2.75) is 19.9 Å². The van der Waals surface area contributed by atoms with Gasteiger partial charge in [-0.1, -0.05) is 6.92 Å². The molecule has 0 spiro atoms. The minimum absolute atomic E-state index is 0.0975. The molecule has 1 fully saturated rings. The summed E-state index contributed by atoms with van der Waals surface area (Å²) in [5.41, 5.74) is 0. The lowest BCUT2D eigenvalue weighted by atomic mass is 9.97. The van der Waals surface area contributed by atoms with Crippen LogP contribution in [0.15, 0.2) is 0 Å². The molecule has 0 bridgehead atoms. The summed E-state index contributed by atoms with van der Waals surface area (Å²) in [7, 11) is 1.64. The minimum atomic E-state index is 0.0975. The van der Waals surface area contributed by atoms with Gasteiger partial charge in [0.1, 0.15) is 0 Å². The highest BCUT2D eigenvalue weighted by Gasteiger charge is 2.29. The van der Waals surface area contributed by atoms with Crippen LogP contribution >= 0.6 is 0 Å². The maximum absolute atomic E-state index is 11.7. The summed E-state index contributed by atoms with van der Waals surface area (Å²) in [5.74, 6) is 0.700. The fourth-order valence-corrected chi connectivity index (χ4v) is 1.80. The largest absolute Gasteiger partial charge is 0.383 e. The van der Waals surface area contributed by atoms with Crippen molar-refractivity contribution < 1.29 is 9.53 Å². The number of hydrogen-bond acceptors (Lipinski definition) is 3. The van der Waals surface area contributed by atoms with Crippen molar-refractivity contribution in [3.8, 4) is 0 Å². The third-order valence-corrected chi connectivity index (χ3v) is 2.66. The molecule has 1 aliphatic rings. The zero-order valence-electron chi connectivity index (χ0n) is 9.17. The van der Waals surface area contributed by atoms with E-state index in [1.807, 2.05) is 6.92 Å². The Hall–Kier alpha value is -0.610. The topological polar surface area (TPSA) is 50.4 Å². The van der Waals surface area contributed by atoms with E-state index >= 15 is 0 Å². The molecule has 1 saturated heterocycles. The summed E-state index contributed by atoms with van der Waals surface area (Å²) >= 11 is 0. The second-order valence-electron chi connectivity index (χ2n) is 4.11. The Morgan fingerprint density at radius 2 is 2.36 bits per heavy atom. The number of amides is 1. The van der Waals surface area contributed by atoms with Gasteiger partial charge in [0.15, 0.2) is 0 Å². The van der Waals surface area contributed by atoms with Crippen LogP contribution < -0.4 is 10.6 Å². The van der Waals surface area contributed by atoms with Crippen molar-refractivity contribution in [1.82, 2.24) is 10.6 Å². The Morgan fingerprint density at radius 3 is 2.86 bits per heavy atom. The monoisotopic (exact) mass is 200 g/mol. The lowest BCUT2D eigenvalue weighted by Gasteiger charge is -2.18. The van der Waals surface area contributed by atoms with Crippen LogP contribution in [-0.4, -0.2) is 38.8 Å². The zero-order valence-corrected chi connectivity index (χ0v) is 9.17. The normalized spacial score (nSPS) is 28.8. The van der Waals surface area contributed by atoms with Crippen molar-refractivity contribution in [2.75, 3.05) is 26.8 Å². The molecule has 0 aromatic rings. The van der Waals surface area contributed by atoms with Crippen LogP contribution in [0, 0.1) is 11.8 Å². The van der Waals surface area contributed by atoms with Crippen LogP contribution in [0.25, 0.3) is 0 Å². The molecule has 82 valence electrons. The molecule has 0 aliphatic carbocycles. The fourth-order valence-electron chi connectivity index (χ4n) is 1.80. The maximum Gasteiger partial charge on any atom is 0.225 e. The summed E-state index contributed by atoms with van der Waals surface area (Å²) in [6.45, 7) is 6.36. The minimum Gasteiger partial charge on any atom is -0.383 e. The van der Waals surface area contributed by atoms with Crippen molar-refractivity contribution in [2.24, 2.45) is 11.8 Å². The van der Waals surface area contributed by atoms with Gasteiger partial charge in [-0.15, -0.1) is 0 Å². The predicted octanol–water partition coefficient (Wildman–Crippen LogP) is -0.00700. The van der Waals surface area contributed by atoms with Gasteiger partial charge in [0.25, 0.3) is 0 Å². The summed E-state index contributed by atoms with van der Waals surface area (Å²) in [6, 6.07) is 0.0975. The van der Waals surface area contributed by atoms with Gasteiger partial charge in [-0.2, -0.15) is 0 Å². The number of hydrogen-bond donors (Lipinski definition) is 2. The van der Waals surface area contributed by atoms with E-state index < -0.39 is 0 Å². The molecule has 1 aliphatic heterocycles. The van der Waals surface area contributed by atoms with Gasteiger partial charge in [0.2, 0.25) is 5.91 Å². The van der Waals surface area contributed by atoms with Crippen molar-refractivity contribution >= 4 is 5.91 Å². The fraction of sp³-hybridized carbons (Fsp3) is 0.900. The van der Waals surface area contributed by atoms with Gasteiger partial charge in [0.05, 0.1) is 12.5 Å². The molecule has 2 N–H and O–H groups in total. The molecule has 0 radical (unpaired) electrons. The number of carbonyl (C=O) groups is 1. The van der Waals surface area contributed by atoms with Gasteiger partial charge in [0, 0.05) is 19.7 Å². The highest BCUT2D eigenvalue weighted by atomic mass is 16.5. The number of nitrogens with one attached hydrogen (secondary N) is 2. The van der Waals surface area contributed by atoms with Gasteiger partial charge >= 0.3 is 0 Å². The molecule has 3 atom stereocenters. The molecule has 14 heavy (non-hydrogen) atoms. The highest BCUT2D eigenvalue weighted by Crippen LogP contribution is 2.15. The van der Waals surface area contributed by atoms with Crippen molar-refractivity contribution in [3.63, 3.8) is 0 Å². The number of carbonyl (C=O) groups excluding carboxylic acids is 1. The molecule has 1 rings (SSSR count). The molecular weight excluding hydrogens is 180 g/mol. The highest BCUT2D eigenvalue weighted by molar-refractivity contribution is 5.79. The Bertz CT molecular complexity index is 197. The Morgan fingerprint density at radius 1 is 1.64 bits per heavy atom. The molecule has 1 unspecified atom stereocenters. The SMILES string of the molecule is COCC(C)NC(=O)[C@@H]1CNC[C@H]1C.